The number of phenolic OH excluding ortho intramolecular Hbond substituents is 2. The van der Waals surface area contributed by atoms with Gasteiger partial charge in [-0.3, -0.25) is 19.8 Å². The number of nitrogens with zero attached hydrogens (tertiary/aromatic N) is 4. The lowest BCUT2D eigenvalue weighted by Crippen LogP contribution is -2.31. The highest BCUT2D eigenvalue weighted by atomic mass is 32.2. The van der Waals surface area contributed by atoms with Gasteiger partial charge in [-0.25, -0.2) is 0 Å². The molecule has 0 bridgehead atoms. The summed E-state index contributed by atoms with van der Waals surface area (Å²) in [6.45, 7) is 8.25. The minimum Gasteiger partial charge on any atom is -0.505 e. The van der Waals surface area contributed by atoms with E-state index < -0.39 is 0 Å². The predicted octanol–water partition coefficient (Wildman–Crippen LogP) is 5.03. The zero-order valence-corrected chi connectivity index (χ0v) is 27.4. The summed E-state index contributed by atoms with van der Waals surface area (Å²) in [7, 11) is 0. The Morgan fingerprint density at radius 1 is 0.556 bits per heavy atom. The molecule has 1 aliphatic rings. The maximum atomic E-state index is 10.9. The Labute approximate surface area is 274 Å². The highest BCUT2D eigenvalue weighted by molar-refractivity contribution is 7.99. The van der Waals surface area contributed by atoms with Gasteiger partial charge >= 0.3 is 0 Å². The van der Waals surface area contributed by atoms with Crippen molar-refractivity contribution in [2.75, 3.05) is 88.8 Å². The van der Waals surface area contributed by atoms with Crippen LogP contribution in [0.1, 0.15) is 11.1 Å². The fourth-order valence-corrected chi connectivity index (χ4v) is 6.91. The lowest BCUT2D eigenvalue weighted by atomic mass is 10.1. The molecule has 5 rings (SSSR count). The number of thioether (sulfide) groups is 2. The first-order chi connectivity index (χ1) is 22.2. The Bertz CT molecular complexity index is 1370. The molecule has 0 amide bonds. The molecule has 1 aliphatic heterocycles. The van der Waals surface area contributed by atoms with Crippen molar-refractivity contribution in [3.63, 3.8) is 0 Å². The fourth-order valence-electron chi connectivity index (χ4n) is 5.26. The van der Waals surface area contributed by atoms with Gasteiger partial charge in [0.15, 0.2) is 0 Å². The number of aromatic nitrogens is 2. The van der Waals surface area contributed by atoms with Crippen LogP contribution in [0.15, 0.2) is 60.9 Å². The van der Waals surface area contributed by atoms with Crippen LogP contribution in [-0.4, -0.2) is 119 Å². The third-order valence-corrected chi connectivity index (χ3v) is 9.63. The van der Waals surface area contributed by atoms with Gasteiger partial charge in [0.25, 0.3) is 0 Å². The number of rotatable bonds is 4. The van der Waals surface area contributed by atoms with Crippen molar-refractivity contribution in [2.45, 2.75) is 13.1 Å². The molecule has 0 aliphatic carbocycles. The van der Waals surface area contributed by atoms with Crippen molar-refractivity contribution < 1.29 is 24.4 Å². The average Bonchev–Trinajstić information content (AvgIpc) is 3.06. The molecule has 0 unspecified atom stereocenters. The highest BCUT2D eigenvalue weighted by Crippen LogP contribution is 2.29. The van der Waals surface area contributed by atoms with Crippen molar-refractivity contribution >= 4 is 45.3 Å². The molecule has 11 heteroatoms. The van der Waals surface area contributed by atoms with Crippen molar-refractivity contribution in [3.8, 4) is 11.5 Å². The van der Waals surface area contributed by atoms with Gasteiger partial charge in [-0.1, -0.05) is 36.4 Å². The summed E-state index contributed by atoms with van der Waals surface area (Å²) in [6, 6.07) is 15.7. The summed E-state index contributed by atoms with van der Waals surface area (Å²) in [5, 5.41) is 23.7. The van der Waals surface area contributed by atoms with Crippen LogP contribution in [0.5, 0.6) is 11.5 Å². The SMILES string of the molecule is Oc1c(CN2CCOCCOCCN(Cc3ccc4cccnc4c3O)CCSCCOCCSCC2)ccc2cccnc12. The Morgan fingerprint density at radius 2 is 1.02 bits per heavy atom. The molecule has 1 saturated heterocycles. The quantitative estimate of drug-likeness (QED) is 0.311. The summed E-state index contributed by atoms with van der Waals surface area (Å²) in [4.78, 5) is 13.4. The highest BCUT2D eigenvalue weighted by Gasteiger charge is 2.14. The first-order valence-corrected chi connectivity index (χ1v) is 17.9. The number of phenols is 2. The average molecular weight is 653 g/mol. The van der Waals surface area contributed by atoms with E-state index in [9.17, 15) is 10.2 Å². The molecule has 2 N–H and O–H groups in total. The largest absolute Gasteiger partial charge is 0.505 e. The number of fused-ring (bicyclic) bond motifs is 2. The van der Waals surface area contributed by atoms with Crippen LogP contribution in [0.25, 0.3) is 21.8 Å². The van der Waals surface area contributed by atoms with Crippen LogP contribution in [0.4, 0.5) is 0 Å². The lowest BCUT2D eigenvalue weighted by molar-refractivity contribution is 0.0308. The van der Waals surface area contributed by atoms with E-state index in [0.29, 0.717) is 50.6 Å². The smallest absolute Gasteiger partial charge is 0.146 e. The van der Waals surface area contributed by atoms with Crippen LogP contribution in [0, 0.1) is 0 Å². The van der Waals surface area contributed by atoms with Gasteiger partial charge in [-0.05, 0) is 12.1 Å². The van der Waals surface area contributed by atoms with Crippen molar-refractivity contribution in [1.29, 1.82) is 0 Å². The fraction of sp³-hybridized carbons (Fsp3) is 0.471. The summed E-state index contributed by atoms with van der Waals surface area (Å²) < 4.78 is 17.8. The van der Waals surface area contributed by atoms with Crippen LogP contribution in [0.3, 0.4) is 0 Å². The van der Waals surface area contributed by atoms with E-state index in [-0.39, 0.29) is 11.5 Å². The Morgan fingerprint density at radius 3 is 1.51 bits per heavy atom. The molecule has 2 aromatic carbocycles. The van der Waals surface area contributed by atoms with Crippen LogP contribution in [0.2, 0.25) is 0 Å². The minimum absolute atomic E-state index is 0.255. The Balaban J connectivity index is 1.14. The first kappa shape index (κ1) is 33.7. The van der Waals surface area contributed by atoms with E-state index in [1.807, 2.05) is 72.1 Å². The molecule has 0 spiro atoms. The van der Waals surface area contributed by atoms with E-state index >= 15 is 0 Å². The summed E-state index contributed by atoms with van der Waals surface area (Å²) in [5.41, 5.74) is 3.03. The second kappa shape index (κ2) is 18.5. The number of pyridine rings is 2. The number of ether oxygens (including phenoxy) is 3. The third-order valence-electron chi connectivity index (χ3n) is 7.77. The second-order valence-electron chi connectivity index (χ2n) is 10.9. The van der Waals surface area contributed by atoms with E-state index in [4.69, 9.17) is 14.2 Å². The molecule has 1 fully saturated rings. The number of hydrogen-bond donors (Lipinski definition) is 2. The van der Waals surface area contributed by atoms with Gasteiger partial charge in [-0.15, -0.1) is 0 Å². The number of hydrogen-bond acceptors (Lipinski definition) is 11. The first-order valence-electron chi connectivity index (χ1n) is 15.6. The van der Waals surface area contributed by atoms with E-state index in [2.05, 4.69) is 19.8 Å². The lowest BCUT2D eigenvalue weighted by Gasteiger charge is -2.23. The Hall–Kier alpha value is -2.64. The summed E-state index contributed by atoms with van der Waals surface area (Å²) in [5.74, 6) is 4.37. The second-order valence-corrected chi connectivity index (χ2v) is 13.4. The molecule has 4 aromatic rings. The van der Waals surface area contributed by atoms with Gasteiger partial charge in [0.1, 0.15) is 22.5 Å². The van der Waals surface area contributed by atoms with E-state index in [1.165, 1.54) is 0 Å². The van der Waals surface area contributed by atoms with Gasteiger partial charge < -0.3 is 24.4 Å². The summed E-state index contributed by atoms with van der Waals surface area (Å²) >= 11 is 3.78. The number of benzene rings is 2. The zero-order valence-electron chi connectivity index (χ0n) is 25.8. The normalized spacial score (nSPS) is 18.5. The van der Waals surface area contributed by atoms with Gasteiger partial charge in [0, 0.05) is 96.6 Å². The van der Waals surface area contributed by atoms with Gasteiger partial charge in [0.2, 0.25) is 0 Å². The maximum absolute atomic E-state index is 10.9. The van der Waals surface area contributed by atoms with Crippen LogP contribution in [-0.2, 0) is 27.3 Å². The van der Waals surface area contributed by atoms with Gasteiger partial charge in [-0.2, -0.15) is 23.5 Å². The molecule has 3 heterocycles. The molecular weight excluding hydrogens is 609 g/mol. The molecule has 0 saturated carbocycles. The van der Waals surface area contributed by atoms with Crippen molar-refractivity contribution in [3.05, 3.63) is 72.1 Å². The van der Waals surface area contributed by atoms with E-state index in [1.54, 1.807) is 12.4 Å². The molecule has 9 nitrogen and oxygen atoms in total. The monoisotopic (exact) mass is 652 g/mol. The van der Waals surface area contributed by atoms with E-state index in [0.717, 1.165) is 84.3 Å². The molecular formula is C34H44N4O5S2. The predicted molar refractivity (Wildman–Crippen MR) is 184 cm³/mol. The van der Waals surface area contributed by atoms with Gasteiger partial charge in [0.05, 0.1) is 39.6 Å². The minimum atomic E-state index is 0.255. The molecule has 0 radical (unpaired) electrons. The van der Waals surface area contributed by atoms with Crippen LogP contribution >= 0.6 is 23.5 Å². The topological polar surface area (TPSA) is 100 Å². The summed E-state index contributed by atoms with van der Waals surface area (Å²) in [6.07, 6.45) is 3.43. The molecule has 0 atom stereocenters. The van der Waals surface area contributed by atoms with Crippen molar-refractivity contribution in [2.24, 2.45) is 0 Å². The molecule has 2 aromatic heterocycles. The third kappa shape index (κ3) is 10.4. The molecule has 242 valence electrons. The maximum Gasteiger partial charge on any atom is 0.146 e. The van der Waals surface area contributed by atoms with Crippen LogP contribution < -0.4 is 0 Å². The number of aromatic hydroxyl groups is 2. The zero-order chi connectivity index (χ0) is 31.1. The van der Waals surface area contributed by atoms with Crippen molar-refractivity contribution in [1.82, 2.24) is 19.8 Å². The molecule has 45 heavy (non-hydrogen) atoms. The standard InChI is InChI=1S/C34H44N4O5S2/c39-33-29(7-5-27-3-1-9-35-31(27)33)25-37-11-15-41-17-18-42-16-12-38(14-22-45-24-20-43-19-23-44-21-13-37)26-30-8-6-28-4-2-10-36-32(28)34(30)40/h1-10,39-40H,11-26H2. The Kier molecular flexibility index (Phi) is 13.9.